The molecular formula is C33H46N2Ni. The Morgan fingerprint density at radius 1 is 0.611 bits per heavy atom. The molecule has 0 N–H and O–H groups in total. The summed E-state index contributed by atoms with van der Waals surface area (Å²) in [5.41, 5.74) is 19.5. The standard InChI is InChI=1S/C33H46N2.Ni/c1-4-7-10-11-12-14-17-28-18-15-20-30(25-28)32-26-31(19-13-8-5-2)33(35(32)34)29-23-21-27(22-24-29)16-9-6-3;/h15,18,20-26H,4-14,16-17,19H2,1-3H3;. The summed E-state index contributed by atoms with van der Waals surface area (Å²) in [5.74, 6) is 0. The summed E-state index contributed by atoms with van der Waals surface area (Å²) < 4.78 is 1.45. The fourth-order valence-corrected chi connectivity index (χ4v) is 5.03. The van der Waals surface area contributed by atoms with Crippen LogP contribution in [-0.2, 0) is 29.3 Å². The van der Waals surface area contributed by atoms with Crippen LogP contribution in [0.2, 0.25) is 0 Å². The van der Waals surface area contributed by atoms with E-state index in [0.29, 0.717) is 0 Å². The van der Waals surface area contributed by atoms with Crippen molar-refractivity contribution < 1.29 is 21.2 Å². The normalized spacial score (nSPS) is 13.2. The van der Waals surface area contributed by atoms with Gasteiger partial charge in [0.05, 0.1) is 0 Å². The molecule has 0 aliphatic carbocycles. The number of rotatable bonds is 16. The SMILES string of the molecule is CCCCCCCCc1cccc(C2=CC(CCCCC)=C(c3ccc(CCCC)cc3)[N+]2=[N-])c1.[Ni]. The van der Waals surface area contributed by atoms with E-state index in [1.165, 1.54) is 85.6 Å². The van der Waals surface area contributed by atoms with Gasteiger partial charge in [-0.05, 0) is 73.9 Å². The third-order valence-corrected chi connectivity index (χ3v) is 7.19. The molecule has 0 spiro atoms. The minimum atomic E-state index is 0. The molecule has 2 aromatic carbocycles. The molecule has 0 aromatic heterocycles. The average Bonchev–Trinajstić information content (AvgIpc) is 3.21. The zero-order valence-electron chi connectivity index (χ0n) is 22.8. The van der Waals surface area contributed by atoms with Gasteiger partial charge >= 0.3 is 0 Å². The molecular weight excluding hydrogens is 483 g/mol. The summed E-state index contributed by atoms with van der Waals surface area (Å²) in [4.78, 5) is 0. The summed E-state index contributed by atoms with van der Waals surface area (Å²) in [7, 11) is 0. The Balaban J connectivity index is 0.00000456. The minimum Gasteiger partial charge on any atom is -0.493 e. The predicted octanol–water partition coefficient (Wildman–Crippen LogP) is 10.3. The number of unbranched alkanes of at least 4 members (excludes halogenated alkanes) is 8. The monoisotopic (exact) mass is 528 g/mol. The molecule has 0 unspecified atom stereocenters. The van der Waals surface area contributed by atoms with Crippen LogP contribution in [0.5, 0.6) is 0 Å². The van der Waals surface area contributed by atoms with Gasteiger partial charge in [-0.3, -0.25) is 0 Å². The molecule has 0 radical (unpaired) electrons. The van der Waals surface area contributed by atoms with Gasteiger partial charge in [0.25, 0.3) is 0 Å². The Hall–Kier alpha value is -1.99. The van der Waals surface area contributed by atoms with Crippen molar-refractivity contribution >= 4 is 11.4 Å². The molecule has 2 nitrogen and oxygen atoms in total. The number of benzene rings is 2. The summed E-state index contributed by atoms with van der Waals surface area (Å²) in [5, 5.41) is 0. The molecule has 0 amide bonds. The Labute approximate surface area is 230 Å². The van der Waals surface area contributed by atoms with Gasteiger partial charge in [-0.25, -0.2) is 4.70 Å². The Kier molecular flexibility index (Phi) is 14.0. The molecule has 36 heavy (non-hydrogen) atoms. The van der Waals surface area contributed by atoms with Gasteiger partial charge < -0.3 is 5.53 Å². The summed E-state index contributed by atoms with van der Waals surface area (Å²) in [6.45, 7) is 6.75. The van der Waals surface area contributed by atoms with Gasteiger partial charge in [-0.15, -0.1) is 0 Å². The van der Waals surface area contributed by atoms with Crippen LogP contribution in [0.4, 0.5) is 0 Å². The van der Waals surface area contributed by atoms with Crippen LogP contribution < -0.4 is 0 Å². The van der Waals surface area contributed by atoms with E-state index < -0.39 is 0 Å². The Morgan fingerprint density at radius 3 is 1.94 bits per heavy atom. The fraction of sp³-hybridized carbons (Fsp3) is 0.515. The van der Waals surface area contributed by atoms with E-state index >= 15 is 0 Å². The zero-order valence-corrected chi connectivity index (χ0v) is 23.8. The van der Waals surface area contributed by atoms with Gasteiger partial charge in [0.2, 0.25) is 11.4 Å². The summed E-state index contributed by atoms with van der Waals surface area (Å²) >= 11 is 0. The zero-order chi connectivity index (χ0) is 24.9. The number of nitrogens with zero attached hydrogens (tertiary/aromatic N) is 2. The molecule has 0 saturated carbocycles. The first kappa shape index (κ1) is 30.2. The maximum Gasteiger partial charge on any atom is 0.210 e. The van der Waals surface area contributed by atoms with E-state index in [2.05, 4.69) is 75.4 Å². The van der Waals surface area contributed by atoms with E-state index in [-0.39, 0.29) is 16.5 Å². The first-order valence-electron chi connectivity index (χ1n) is 14.3. The molecule has 0 saturated heterocycles. The maximum absolute atomic E-state index is 11.4. The predicted molar refractivity (Wildman–Crippen MR) is 151 cm³/mol. The summed E-state index contributed by atoms with van der Waals surface area (Å²) in [6.07, 6.45) is 19.4. The first-order valence-corrected chi connectivity index (χ1v) is 14.3. The van der Waals surface area contributed by atoms with Crippen molar-refractivity contribution in [3.63, 3.8) is 0 Å². The van der Waals surface area contributed by atoms with Crippen molar-refractivity contribution in [2.75, 3.05) is 0 Å². The fourth-order valence-electron chi connectivity index (χ4n) is 5.03. The largest absolute Gasteiger partial charge is 0.493 e. The van der Waals surface area contributed by atoms with E-state index in [4.69, 9.17) is 0 Å². The van der Waals surface area contributed by atoms with Gasteiger partial charge in [-0.1, -0.05) is 96.4 Å². The Bertz CT molecular complexity index is 1000. The average molecular weight is 529 g/mol. The van der Waals surface area contributed by atoms with Crippen molar-refractivity contribution in [3.05, 3.63) is 88.0 Å². The van der Waals surface area contributed by atoms with Crippen LogP contribution in [0.3, 0.4) is 0 Å². The van der Waals surface area contributed by atoms with E-state index in [9.17, 15) is 5.53 Å². The van der Waals surface area contributed by atoms with E-state index in [0.717, 1.165) is 48.2 Å². The van der Waals surface area contributed by atoms with Crippen molar-refractivity contribution in [3.8, 4) is 0 Å². The van der Waals surface area contributed by atoms with Crippen LogP contribution >= 0.6 is 0 Å². The van der Waals surface area contributed by atoms with E-state index in [1.807, 2.05) is 0 Å². The smallest absolute Gasteiger partial charge is 0.210 e. The van der Waals surface area contributed by atoms with Crippen LogP contribution in [0.15, 0.2) is 60.2 Å². The molecule has 198 valence electrons. The van der Waals surface area contributed by atoms with Crippen molar-refractivity contribution in [1.82, 2.24) is 0 Å². The molecule has 1 heterocycles. The number of hydrogen-bond donors (Lipinski definition) is 0. The molecule has 0 bridgehead atoms. The first-order chi connectivity index (χ1) is 17.2. The molecule has 3 heteroatoms. The van der Waals surface area contributed by atoms with Gasteiger partial charge in [0.1, 0.15) is 0 Å². The maximum atomic E-state index is 11.4. The van der Waals surface area contributed by atoms with Crippen LogP contribution in [0.25, 0.3) is 16.9 Å². The van der Waals surface area contributed by atoms with Crippen LogP contribution in [0.1, 0.15) is 120 Å². The van der Waals surface area contributed by atoms with Crippen LogP contribution in [0, 0.1) is 0 Å². The van der Waals surface area contributed by atoms with Crippen LogP contribution in [-0.4, -0.2) is 4.70 Å². The second kappa shape index (κ2) is 16.7. The molecule has 1 aliphatic heterocycles. The minimum absolute atomic E-state index is 0. The third kappa shape index (κ3) is 8.84. The molecule has 2 aromatic rings. The third-order valence-electron chi connectivity index (χ3n) is 7.19. The number of aryl methyl sites for hydroxylation is 2. The second-order valence-corrected chi connectivity index (χ2v) is 10.2. The van der Waals surface area contributed by atoms with Crippen molar-refractivity contribution in [1.29, 1.82) is 0 Å². The topological polar surface area (TPSA) is 25.3 Å². The van der Waals surface area contributed by atoms with Gasteiger partial charge in [-0.2, -0.15) is 0 Å². The molecule has 0 fully saturated rings. The van der Waals surface area contributed by atoms with Gasteiger partial charge in [0.15, 0.2) is 0 Å². The number of hydrogen-bond acceptors (Lipinski definition) is 0. The van der Waals surface area contributed by atoms with Gasteiger partial charge in [0, 0.05) is 39.3 Å². The van der Waals surface area contributed by atoms with E-state index in [1.54, 1.807) is 0 Å². The molecule has 3 rings (SSSR count). The Morgan fingerprint density at radius 2 is 1.22 bits per heavy atom. The number of allylic oxidation sites excluding steroid dienone is 2. The molecule has 0 atom stereocenters. The van der Waals surface area contributed by atoms with Crippen molar-refractivity contribution in [2.45, 2.75) is 111 Å². The second-order valence-electron chi connectivity index (χ2n) is 10.2. The molecule has 1 aliphatic rings. The van der Waals surface area contributed by atoms with Crippen molar-refractivity contribution in [2.24, 2.45) is 0 Å². The summed E-state index contributed by atoms with van der Waals surface area (Å²) in [6, 6.07) is 17.6. The quantitative estimate of drug-likeness (QED) is 0.117.